The van der Waals surface area contributed by atoms with Gasteiger partial charge in [-0.05, 0) is 78.8 Å². The molecule has 1 saturated heterocycles. The highest BCUT2D eigenvalue weighted by atomic mass is 32.2. The number of nitrogens with zero attached hydrogens (tertiary/aromatic N) is 3. The maximum absolute atomic E-state index is 13.1. The Hall–Kier alpha value is -4.38. The summed E-state index contributed by atoms with van der Waals surface area (Å²) in [4.78, 5) is 25.7. The van der Waals surface area contributed by atoms with E-state index in [9.17, 15) is 13.2 Å². The fourth-order valence-corrected chi connectivity index (χ4v) is 7.01. The minimum absolute atomic E-state index is 0.154. The fraction of sp³-hybridized carbons (Fsp3) is 0.242. The Bertz CT molecular complexity index is 1930. The third kappa shape index (κ3) is 5.33. The normalized spacial score (nSPS) is 15.9. The molecule has 1 aliphatic carbocycles. The number of aromatic amines is 1. The van der Waals surface area contributed by atoms with Crippen molar-refractivity contribution < 1.29 is 17.9 Å². The highest BCUT2D eigenvalue weighted by Crippen LogP contribution is 2.40. The first kappa shape index (κ1) is 27.5. The largest absolute Gasteiger partial charge is 0.379 e. The van der Waals surface area contributed by atoms with Gasteiger partial charge in [0.1, 0.15) is 12.0 Å². The maximum Gasteiger partial charge on any atom is 0.255 e. The molecule has 0 atom stereocenters. The number of anilines is 1. The lowest BCUT2D eigenvalue weighted by atomic mass is 10.0. The van der Waals surface area contributed by atoms with Gasteiger partial charge in [0.15, 0.2) is 0 Å². The average molecular weight is 594 g/mol. The number of benzene rings is 3. The molecule has 2 aromatic heterocycles. The number of ether oxygens (including phenoxy) is 1. The van der Waals surface area contributed by atoms with Crippen LogP contribution in [0, 0.1) is 6.92 Å². The third-order valence-corrected chi connectivity index (χ3v) is 10.2. The molecule has 1 amide bonds. The van der Waals surface area contributed by atoms with E-state index in [1.54, 1.807) is 24.3 Å². The van der Waals surface area contributed by atoms with Crippen molar-refractivity contribution in [2.24, 2.45) is 0 Å². The Morgan fingerprint density at radius 3 is 2.44 bits per heavy atom. The molecule has 0 bridgehead atoms. The van der Waals surface area contributed by atoms with E-state index < -0.39 is 10.0 Å². The number of sulfonamides is 1. The summed E-state index contributed by atoms with van der Waals surface area (Å²) in [6.07, 6.45) is 3.97. The number of amides is 1. The van der Waals surface area contributed by atoms with Gasteiger partial charge in [0.25, 0.3) is 5.91 Å². The Kier molecular flexibility index (Phi) is 7.04. The monoisotopic (exact) mass is 593 g/mol. The molecule has 9 nitrogen and oxygen atoms in total. The van der Waals surface area contributed by atoms with Crippen molar-refractivity contribution in [1.82, 2.24) is 19.3 Å². The minimum atomic E-state index is -3.58. The second-order valence-electron chi connectivity index (χ2n) is 11.0. The Balaban J connectivity index is 1.15. The van der Waals surface area contributed by atoms with Crippen LogP contribution in [0.3, 0.4) is 0 Å². The molecule has 2 fully saturated rings. The Morgan fingerprint density at radius 1 is 0.977 bits per heavy atom. The molecule has 10 heteroatoms. The first-order valence-electron chi connectivity index (χ1n) is 14.4. The summed E-state index contributed by atoms with van der Waals surface area (Å²) >= 11 is 0. The minimum Gasteiger partial charge on any atom is -0.379 e. The van der Waals surface area contributed by atoms with Crippen molar-refractivity contribution in [2.45, 2.75) is 30.6 Å². The number of carbonyl (C=O) groups excluding carboxylic acids is 1. The van der Waals surface area contributed by atoms with Crippen LogP contribution < -0.4 is 5.32 Å². The molecular weight excluding hydrogens is 562 g/mol. The number of H-pyrrole nitrogens is 1. The Labute approximate surface area is 250 Å². The van der Waals surface area contributed by atoms with Gasteiger partial charge in [-0.1, -0.05) is 36.4 Å². The lowest BCUT2D eigenvalue weighted by Crippen LogP contribution is -2.40. The van der Waals surface area contributed by atoms with Crippen LogP contribution in [0.25, 0.3) is 33.5 Å². The van der Waals surface area contributed by atoms with Crippen LogP contribution in [0.4, 0.5) is 5.69 Å². The number of nitrogens with one attached hydrogen (secondary N) is 2. The molecule has 218 valence electrons. The van der Waals surface area contributed by atoms with Gasteiger partial charge < -0.3 is 15.0 Å². The topological polar surface area (TPSA) is 117 Å². The van der Waals surface area contributed by atoms with E-state index in [-0.39, 0.29) is 10.8 Å². The molecule has 2 aliphatic rings. The first-order chi connectivity index (χ1) is 20.9. The third-order valence-electron chi connectivity index (χ3n) is 8.26. The first-order valence-corrected chi connectivity index (χ1v) is 15.9. The maximum atomic E-state index is 13.1. The van der Waals surface area contributed by atoms with Gasteiger partial charge in [0, 0.05) is 41.0 Å². The fourth-order valence-electron chi connectivity index (χ4n) is 5.60. The summed E-state index contributed by atoms with van der Waals surface area (Å²) in [5.74, 6) is 0.490. The van der Waals surface area contributed by atoms with Gasteiger partial charge in [-0.25, -0.2) is 18.4 Å². The van der Waals surface area contributed by atoms with E-state index in [4.69, 9.17) is 4.74 Å². The summed E-state index contributed by atoms with van der Waals surface area (Å²) in [6.45, 7) is 3.48. The van der Waals surface area contributed by atoms with Crippen molar-refractivity contribution in [3.8, 4) is 22.5 Å². The standard InChI is InChI=1S/C33H31N5O4S/c1-21-27(3-2-4-29(21)37-33(39)25-9-7-23(8-10-25)22-5-6-22)31-28-19-30(36-32(28)35-20-34-31)24-11-13-26(14-12-24)43(40,41)38-15-17-42-18-16-38/h2-4,7-14,19-20,22H,5-6,15-18H2,1H3,(H,37,39)(H,34,35,36). The Morgan fingerprint density at radius 2 is 1.72 bits per heavy atom. The number of rotatable bonds is 7. The molecule has 3 aromatic carbocycles. The van der Waals surface area contributed by atoms with Gasteiger partial charge in [-0.15, -0.1) is 0 Å². The van der Waals surface area contributed by atoms with Gasteiger partial charge >= 0.3 is 0 Å². The van der Waals surface area contributed by atoms with Crippen molar-refractivity contribution >= 4 is 32.7 Å². The zero-order valence-electron chi connectivity index (χ0n) is 23.7. The van der Waals surface area contributed by atoms with Crippen LogP contribution in [-0.2, 0) is 14.8 Å². The van der Waals surface area contributed by atoms with E-state index in [0.717, 1.165) is 33.5 Å². The van der Waals surface area contributed by atoms with E-state index in [1.165, 1.54) is 29.0 Å². The number of fused-ring (bicyclic) bond motifs is 1. The summed E-state index contributed by atoms with van der Waals surface area (Å²) in [5.41, 5.74) is 7.43. The summed E-state index contributed by atoms with van der Waals surface area (Å²) in [6, 6.07) is 22.5. The summed E-state index contributed by atoms with van der Waals surface area (Å²) in [7, 11) is -3.58. The smallest absolute Gasteiger partial charge is 0.255 e. The molecule has 0 spiro atoms. The van der Waals surface area contributed by atoms with Gasteiger partial charge in [-0.2, -0.15) is 4.31 Å². The van der Waals surface area contributed by atoms with Crippen molar-refractivity contribution in [3.63, 3.8) is 0 Å². The number of hydrogen-bond acceptors (Lipinski definition) is 6. The molecule has 0 unspecified atom stereocenters. The highest BCUT2D eigenvalue weighted by Gasteiger charge is 2.26. The average Bonchev–Trinajstić information content (AvgIpc) is 3.80. The molecule has 2 N–H and O–H groups in total. The highest BCUT2D eigenvalue weighted by molar-refractivity contribution is 7.89. The van der Waals surface area contributed by atoms with Crippen LogP contribution >= 0.6 is 0 Å². The van der Waals surface area contributed by atoms with Crippen LogP contribution in [0.15, 0.2) is 84.0 Å². The SMILES string of the molecule is Cc1c(NC(=O)c2ccc(C3CC3)cc2)cccc1-c1ncnc2[nH]c(-c3ccc(S(=O)(=O)N4CCOCC4)cc3)cc12. The van der Waals surface area contributed by atoms with E-state index >= 15 is 0 Å². The van der Waals surface area contributed by atoms with Crippen molar-refractivity contribution in [1.29, 1.82) is 0 Å². The van der Waals surface area contributed by atoms with Gasteiger partial charge in [-0.3, -0.25) is 4.79 Å². The number of aromatic nitrogens is 3. The predicted octanol–water partition coefficient (Wildman–Crippen LogP) is 5.75. The molecule has 7 rings (SSSR count). The zero-order valence-corrected chi connectivity index (χ0v) is 24.5. The van der Waals surface area contributed by atoms with E-state index in [1.807, 2.05) is 55.5 Å². The molecule has 5 aromatic rings. The number of hydrogen-bond donors (Lipinski definition) is 2. The van der Waals surface area contributed by atoms with Crippen LogP contribution in [-0.4, -0.2) is 59.9 Å². The number of morpholine rings is 1. The van der Waals surface area contributed by atoms with Crippen LogP contribution in [0.1, 0.15) is 40.2 Å². The van der Waals surface area contributed by atoms with Gasteiger partial charge in [0.05, 0.1) is 23.8 Å². The second kappa shape index (κ2) is 11.0. The van der Waals surface area contributed by atoms with Crippen molar-refractivity contribution in [2.75, 3.05) is 31.6 Å². The number of carbonyl (C=O) groups is 1. The quantitative estimate of drug-likeness (QED) is 0.248. The molecule has 3 heterocycles. The lowest BCUT2D eigenvalue weighted by molar-refractivity contribution is 0.0730. The molecule has 0 radical (unpaired) electrons. The summed E-state index contributed by atoms with van der Waals surface area (Å²) in [5, 5.41) is 3.90. The molecular formula is C33H31N5O4S. The van der Waals surface area contributed by atoms with Gasteiger partial charge in [0.2, 0.25) is 10.0 Å². The lowest BCUT2D eigenvalue weighted by Gasteiger charge is -2.26. The van der Waals surface area contributed by atoms with Crippen molar-refractivity contribution in [3.05, 3.63) is 95.8 Å². The summed E-state index contributed by atoms with van der Waals surface area (Å²) < 4.78 is 32.8. The molecule has 1 aliphatic heterocycles. The molecule has 1 saturated carbocycles. The van der Waals surface area contributed by atoms with Crippen LogP contribution in [0.5, 0.6) is 0 Å². The zero-order chi connectivity index (χ0) is 29.6. The van der Waals surface area contributed by atoms with Crippen LogP contribution in [0.2, 0.25) is 0 Å². The second-order valence-corrected chi connectivity index (χ2v) is 13.0. The van der Waals surface area contributed by atoms with E-state index in [0.29, 0.717) is 49.1 Å². The van der Waals surface area contributed by atoms with E-state index in [2.05, 4.69) is 20.3 Å². The molecule has 43 heavy (non-hydrogen) atoms. The predicted molar refractivity (Wildman–Crippen MR) is 165 cm³/mol.